The van der Waals surface area contributed by atoms with E-state index in [1.807, 2.05) is 50.2 Å². The number of hydrogen-bond donors (Lipinski definition) is 2. The highest BCUT2D eigenvalue weighted by Gasteiger charge is 2.08. The van der Waals surface area contributed by atoms with Crippen molar-refractivity contribution in [2.45, 2.75) is 13.8 Å². The molecule has 0 aliphatic rings. The van der Waals surface area contributed by atoms with Gasteiger partial charge in [0, 0.05) is 11.3 Å². The summed E-state index contributed by atoms with van der Waals surface area (Å²) in [4.78, 5) is 23.7. The molecule has 0 unspecified atom stereocenters. The number of nitrogens with one attached hydrogen (secondary N) is 2. The van der Waals surface area contributed by atoms with Gasteiger partial charge in [-0.05, 0) is 43.7 Å². The SMILES string of the molecule is Cc1cccc(NC(=O)CNC(=O)c2cccc(C)c2)c1. The van der Waals surface area contributed by atoms with Crippen LogP contribution < -0.4 is 10.6 Å². The fraction of sp³-hybridized carbons (Fsp3) is 0.176. The second kappa shape index (κ2) is 6.70. The maximum absolute atomic E-state index is 11.9. The summed E-state index contributed by atoms with van der Waals surface area (Å²) in [5, 5.41) is 5.36. The van der Waals surface area contributed by atoms with Gasteiger partial charge in [-0.15, -0.1) is 0 Å². The summed E-state index contributed by atoms with van der Waals surface area (Å²) >= 11 is 0. The molecule has 2 aromatic rings. The quantitative estimate of drug-likeness (QED) is 0.905. The summed E-state index contributed by atoms with van der Waals surface area (Å²) in [6.45, 7) is 3.82. The van der Waals surface area contributed by atoms with Crippen LogP contribution in [0, 0.1) is 13.8 Å². The van der Waals surface area contributed by atoms with Gasteiger partial charge in [0.2, 0.25) is 5.91 Å². The first-order valence-corrected chi connectivity index (χ1v) is 6.76. The van der Waals surface area contributed by atoms with Crippen LogP contribution in [0.25, 0.3) is 0 Å². The molecule has 0 aliphatic heterocycles. The predicted octanol–water partition coefficient (Wildman–Crippen LogP) is 2.67. The van der Waals surface area contributed by atoms with Gasteiger partial charge in [-0.3, -0.25) is 9.59 Å². The highest BCUT2D eigenvalue weighted by atomic mass is 16.2. The van der Waals surface area contributed by atoms with Crippen molar-refractivity contribution in [1.82, 2.24) is 5.32 Å². The van der Waals surface area contributed by atoms with Crippen LogP contribution in [0.2, 0.25) is 0 Å². The van der Waals surface area contributed by atoms with Gasteiger partial charge in [0.1, 0.15) is 0 Å². The largest absolute Gasteiger partial charge is 0.343 e. The zero-order valence-corrected chi connectivity index (χ0v) is 12.1. The molecular formula is C17H18N2O2. The van der Waals surface area contributed by atoms with Gasteiger partial charge in [0.15, 0.2) is 0 Å². The molecule has 2 rings (SSSR count). The van der Waals surface area contributed by atoms with Crippen LogP contribution in [0.1, 0.15) is 21.5 Å². The number of amides is 2. The van der Waals surface area contributed by atoms with Crippen molar-refractivity contribution >= 4 is 17.5 Å². The topological polar surface area (TPSA) is 58.2 Å². The van der Waals surface area contributed by atoms with Gasteiger partial charge in [-0.2, -0.15) is 0 Å². The predicted molar refractivity (Wildman–Crippen MR) is 83.3 cm³/mol. The molecule has 0 fully saturated rings. The van der Waals surface area contributed by atoms with Crippen LogP contribution in [0.15, 0.2) is 48.5 Å². The van der Waals surface area contributed by atoms with Crippen molar-refractivity contribution in [3.8, 4) is 0 Å². The van der Waals surface area contributed by atoms with Crippen LogP contribution in [0.3, 0.4) is 0 Å². The Balaban J connectivity index is 1.88. The number of rotatable bonds is 4. The van der Waals surface area contributed by atoms with Crippen LogP contribution in [0.4, 0.5) is 5.69 Å². The smallest absolute Gasteiger partial charge is 0.251 e. The van der Waals surface area contributed by atoms with Gasteiger partial charge in [-0.1, -0.05) is 29.8 Å². The first-order valence-electron chi connectivity index (χ1n) is 6.76. The van der Waals surface area contributed by atoms with Gasteiger partial charge in [0.05, 0.1) is 6.54 Å². The Hall–Kier alpha value is -2.62. The average Bonchev–Trinajstić information content (AvgIpc) is 2.45. The molecule has 4 heteroatoms. The van der Waals surface area contributed by atoms with Crippen LogP contribution >= 0.6 is 0 Å². The van der Waals surface area contributed by atoms with E-state index in [2.05, 4.69) is 10.6 Å². The number of hydrogen-bond acceptors (Lipinski definition) is 2. The van der Waals surface area contributed by atoms with Crippen LogP contribution in [-0.4, -0.2) is 18.4 Å². The van der Waals surface area contributed by atoms with Gasteiger partial charge in [0.25, 0.3) is 5.91 Å². The summed E-state index contributed by atoms with van der Waals surface area (Å²) < 4.78 is 0. The van der Waals surface area contributed by atoms with Crippen molar-refractivity contribution in [2.24, 2.45) is 0 Å². The minimum atomic E-state index is -0.252. The summed E-state index contributed by atoms with van der Waals surface area (Å²) in [6, 6.07) is 14.8. The molecule has 0 radical (unpaired) electrons. The van der Waals surface area contributed by atoms with E-state index in [1.165, 1.54) is 0 Å². The maximum atomic E-state index is 11.9. The van der Waals surface area contributed by atoms with E-state index in [0.29, 0.717) is 5.56 Å². The standard InChI is InChI=1S/C17H18N2O2/c1-12-5-3-7-14(9-12)17(21)18-11-16(20)19-15-8-4-6-13(2)10-15/h3-10H,11H2,1-2H3,(H,18,21)(H,19,20). The maximum Gasteiger partial charge on any atom is 0.251 e. The van der Waals surface area contributed by atoms with Gasteiger partial charge >= 0.3 is 0 Å². The van der Waals surface area contributed by atoms with Crippen molar-refractivity contribution < 1.29 is 9.59 Å². The van der Waals surface area contributed by atoms with E-state index in [-0.39, 0.29) is 18.4 Å². The minimum Gasteiger partial charge on any atom is -0.343 e. The lowest BCUT2D eigenvalue weighted by Gasteiger charge is -2.08. The first-order chi connectivity index (χ1) is 10.0. The molecule has 0 spiro atoms. The Kier molecular flexibility index (Phi) is 4.72. The molecule has 0 aromatic heterocycles. The lowest BCUT2D eigenvalue weighted by atomic mass is 10.1. The van der Waals surface area contributed by atoms with E-state index < -0.39 is 0 Å². The molecule has 0 bridgehead atoms. The number of anilines is 1. The molecule has 0 aliphatic carbocycles. The molecule has 2 amide bonds. The van der Waals surface area contributed by atoms with E-state index >= 15 is 0 Å². The Morgan fingerprint density at radius 2 is 1.62 bits per heavy atom. The summed E-state index contributed by atoms with van der Waals surface area (Å²) in [7, 11) is 0. The highest BCUT2D eigenvalue weighted by Crippen LogP contribution is 2.09. The molecule has 0 saturated carbocycles. The second-order valence-electron chi connectivity index (χ2n) is 4.97. The Morgan fingerprint density at radius 3 is 2.29 bits per heavy atom. The molecule has 0 saturated heterocycles. The van der Waals surface area contributed by atoms with E-state index in [4.69, 9.17) is 0 Å². The molecule has 0 heterocycles. The van der Waals surface area contributed by atoms with Crippen LogP contribution in [-0.2, 0) is 4.79 Å². The summed E-state index contributed by atoms with van der Waals surface area (Å²) in [5.41, 5.74) is 3.35. The zero-order valence-electron chi connectivity index (χ0n) is 12.1. The van der Waals surface area contributed by atoms with E-state index in [9.17, 15) is 9.59 Å². The average molecular weight is 282 g/mol. The lowest BCUT2D eigenvalue weighted by Crippen LogP contribution is -2.32. The molecule has 21 heavy (non-hydrogen) atoms. The summed E-state index contributed by atoms with van der Waals surface area (Å²) in [5.74, 6) is -0.500. The zero-order chi connectivity index (χ0) is 15.2. The van der Waals surface area contributed by atoms with E-state index in [0.717, 1.165) is 16.8 Å². The fourth-order valence-electron chi connectivity index (χ4n) is 1.98. The van der Waals surface area contributed by atoms with E-state index in [1.54, 1.807) is 12.1 Å². The number of aryl methyl sites for hydroxylation is 2. The van der Waals surface area contributed by atoms with Crippen molar-refractivity contribution in [1.29, 1.82) is 0 Å². The second-order valence-corrected chi connectivity index (χ2v) is 4.97. The van der Waals surface area contributed by atoms with Crippen molar-refractivity contribution in [3.05, 3.63) is 65.2 Å². The van der Waals surface area contributed by atoms with Crippen LogP contribution in [0.5, 0.6) is 0 Å². The molecule has 2 N–H and O–H groups in total. The molecule has 2 aromatic carbocycles. The third kappa shape index (κ3) is 4.45. The highest BCUT2D eigenvalue weighted by molar-refractivity contribution is 5.99. The molecule has 0 atom stereocenters. The van der Waals surface area contributed by atoms with Gasteiger partial charge in [-0.25, -0.2) is 0 Å². The third-order valence-corrected chi connectivity index (χ3v) is 2.99. The fourth-order valence-corrected chi connectivity index (χ4v) is 1.98. The minimum absolute atomic E-state index is 0.0548. The first kappa shape index (κ1) is 14.8. The monoisotopic (exact) mass is 282 g/mol. The summed E-state index contributed by atoms with van der Waals surface area (Å²) in [6.07, 6.45) is 0. The number of benzene rings is 2. The molecular weight excluding hydrogens is 264 g/mol. The number of carbonyl (C=O) groups is 2. The molecule has 108 valence electrons. The van der Waals surface area contributed by atoms with Crippen molar-refractivity contribution in [3.63, 3.8) is 0 Å². The van der Waals surface area contributed by atoms with Gasteiger partial charge < -0.3 is 10.6 Å². The lowest BCUT2D eigenvalue weighted by molar-refractivity contribution is -0.115. The van der Waals surface area contributed by atoms with Crippen molar-refractivity contribution in [2.75, 3.05) is 11.9 Å². The Bertz CT molecular complexity index is 665. The number of carbonyl (C=O) groups excluding carboxylic acids is 2. The Labute approximate surface area is 124 Å². The Morgan fingerprint density at radius 1 is 0.952 bits per heavy atom. The third-order valence-electron chi connectivity index (χ3n) is 2.99. The molecule has 4 nitrogen and oxygen atoms in total. The normalized spacial score (nSPS) is 10.0.